The monoisotopic (exact) mass is 317 g/mol. The van der Waals surface area contributed by atoms with Gasteiger partial charge in [-0.3, -0.25) is 0 Å². The Hall–Kier alpha value is -2.70. The molecular formula is C16H20FN5O. The standard InChI is InChI=1S/C16H20FN5O/c1-10-8-12(20-15(19-10)22(3)4)9-18-16(23)21-14-7-5-6-13(17)11(14)2/h5-8H,9H2,1-4H3,(H2,18,21,23). The topological polar surface area (TPSA) is 70.2 Å². The van der Waals surface area contributed by atoms with Crippen LogP contribution in [0.1, 0.15) is 17.0 Å². The summed E-state index contributed by atoms with van der Waals surface area (Å²) in [6.45, 7) is 3.74. The Bertz CT molecular complexity index is 718. The van der Waals surface area contributed by atoms with E-state index < -0.39 is 6.03 Å². The van der Waals surface area contributed by atoms with Gasteiger partial charge in [0.05, 0.1) is 12.2 Å². The van der Waals surface area contributed by atoms with Crippen molar-refractivity contribution in [2.24, 2.45) is 0 Å². The maximum atomic E-state index is 13.5. The molecule has 0 saturated carbocycles. The zero-order valence-corrected chi connectivity index (χ0v) is 13.6. The lowest BCUT2D eigenvalue weighted by molar-refractivity contribution is 0.251. The molecule has 0 aliphatic heterocycles. The first-order chi connectivity index (χ1) is 10.9. The van der Waals surface area contributed by atoms with Gasteiger partial charge in [0.1, 0.15) is 5.82 Å². The fraction of sp³-hybridized carbons (Fsp3) is 0.312. The molecule has 0 saturated heterocycles. The van der Waals surface area contributed by atoms with Crippen LogP contribution in [0.25, 0.3) is 0 Å². The first kappa shape index (κ1) is 16.7. The minimum absolute atomic E-state index is 0.254. The molecule has 0 unspecified atom stereocenters. The number of amides is 2. The van der Waals surface area contributed by atoms with Crippen LogP contribution in [-0.4, -0.2) is 30.1 Å². The molecule has 1 heterocycles. The predicted molar refractivity (Wildman–Crippen MR) is 88.1 cm³/mol. The van der Waals surface area contributed by atoms with Crippen LogP contribution >= 0.6 is 0 Å². The molecule has 0 atom stereocenters. The first-order valence-corrected chi connectivity index (χ1v) is 7.18. The molecule has 0 fully saturated rings. The third kappa shape index (κ3) is 4.38. The number of aromatic nitrogens is 2. The highest BCUT2D eigenvalue weighted by Crippen LogP contribution is 2.17. The van der Waals surface area contributed by atoms with Crippen molar-refractivity contribution >= 4 is 17.7 Å². The smallest absolute Gasteiger partial charge is 0.319 e. The number of benzene rings is 1. The molecular weight excluding hydrogens is 297 g/mol. The van der Waals surface area contributed by atoms with Crippen molar-refractivity contribution in [2.45, 2.75) is 20.4 Å². The molecule has 6 nitrogen and oxygen atoms in total. The van der Waals surface area contributed by atoms with Crippen molar-refractivity contribution in [3.8, 4) is 0 Å². The molecule has 2 rings (SSSR count). The van der Waals surface area contributed by atoms with Gasteiger partial charge in [-0.2, -0.15) is 0 Å². The third-order valence-electron chi connectivity index (χ3n) is 3.24. The van der Waals surface area contributed by atoms with E-state index >= 15 is 0 Å². The van der Waals surface area contributed by atoms with Gasteiger partial charge in [-0.1, -0.05) is 6.07 Å². The fourth-order valence-electron chi connectivity index (χ4n) is 1.99. The van der Waals surface area contributed by atoms with Gasteiger partial charge in [-0.15, -0.1) is 0 Å². The summed E-state index contributed by atoms with van der Waals surface area (Å²) in [5, 5.41) is 5.34. The van der Waals surface area contributed by atoms with E-state index in [1.165, 1.54) is 6.07 Å². The predicted octanol–water partition coefficient (Wildman–Crippen LogP) is 2.62. The third-order valence-corrected chi connectivity index (χ3v) is 3.24. The molecule has 0 aliphatic rings. The van der Waals surface area contributed by atoms with E-state index in [4.69, 9.17) is 0 Å². The van der Waals surface area contributed by atoms with E-state index in [9.17, 15) is 9.18 Å². The van der Waals surface area contributed by atoms with Crippen molar-refractivity contribution in [1.29, 1.82) is 0 Å². The second kappa shape index (κ2) is 7.04. The second-order valence-corrected chi connectivity index (χ2v) is 5.42. The van der Waals surface area contributed by atoms with E-state index in [0.717, 1.165) is 5.69 Å². The number of hydrogen-bond acceptors (Lipinski definition) is 4. The SMILES string of the molecule is Cc1cc(CNC(=O)Nc2cccc(F)c2C)nc(N(C)C)n1. The number of carbonyl (C=O) groups excluding carboxylic acids is 1. The largest absolute Gasteiger partial charge is 0.347 e. The summed E-state index contributed by atoms with van der Waals surface area (Å²) in [5.74, 6) is 0.230. The quantitative estimate of drug-likeness (QED) is 0.909. The van der Waals surface area contributed by atoms with Crippen LogP contribution in [0.15, 0.2) is 24.3 Å². The highest BCUT2D eigenvalue weighted by molar-refractivity contribution is 5.90. The number of aryl methyl sites for hydroxylation is 1. The number of anilines is 2. The lowest BCUT2D eigenvalue weighted by Crippen LogP contribution is -2.29. The van der Waals surface area contributed by atoms with E-state index in [0.29, 0.717) is 22.9 Å². The Morgan fingerprint density at radius 1 is 1.26 bits per heavy atom. The van der Waals surface area contributed by atoms with Gasteiger partial charge in [-0.25, -0.2) is 19.2 Å². The van der Waals surface area contributed by atoms with Crippen LogP contribution < -0.4 is 15.5 Å². The first-order valence-electron chi connectivity index (χ1n) is 7.18. The van der Waals surface area contributed by atoms with Crippen molar-refractivity contribution < 1.29 is 9.18 Å². The number of carbonyl (C=O) groups is 1. The van der Waals surface area contributed by atoms with Gasteiger partial charge in [0.15, 0.2) is 0 Å². The lowest BCUT2D eigenvalue weighted by Gasteiger charge is -2.13. The maximum Gasteiger partial charge on any atom is 0.319 e. The maximum absolute atomic E-state index is 13.5. The van der Waals surface area contributed by atoms with Gasteiger partial charge < -0.3 is 15.5 Å². The molecule has 1 aromatic heterocycles. The zero-order valence-electron chi connectivity index (χ0n) is 13.6. The minimum Gasteiger partial charge on any atom is -0.347 e. The van der Waals surface area contributed by atoms with Crippen LogP contribution in [0.4, 0.5) is 20.8 Å². The van der Waals surface area contributed by atoms with Crippen LogP contribution in [0.3, 0.4) is 0 Å². The second-order valence-electron chi connectivity index (χ2n) is 5.42. The summed E-state index contributed by atoms with van der Waals surface area (Å²) in [7, 11) is 3.71. The Labute approximate surface area is 134 Å². The van der Waals surface area contributed by atoms with Crippen LogP contribution in [-0.2, 0) is 6.54 Å². The van der Waals surface area contributed by atoms with Crippen molar-refractivity contribution in [1.82, 2.24) is 15.3 Å². The number of urea groups is 1. The normalized spacial score (nSPS) is 10.3. The minimum atomic E-state index is -0.415. The molecule has 0 bridgehead atoms. The average molecular weight is 317 g/mol. The van der Waals surface area contributed by atoms with Crippen molar-refractivity contribution in [3.63, 3.8) is 0 Å². The summed E-state index contributed by atoms with van der Waals surface area (Å²) in [6.07, 6.45) is 0. The lowest BCUT2D eigenvalue weighted by atomic mass is 10.2. The van der Waals surface area contributed by atoms with Crippen molar-refractivity contribution in [3.05, 3.63) is 47.0 Å². The number of halogens is 1. The van der Waals surface area contributed by atoms with Crippen LogP contribution in [0.2, 0.25) is 0 Å². The molecule has 2 aromatic rings. The summed E-state index contributed by atoms with van der Waals surface area (Å²) in [6, 6.07) is 5.94. The molecule has 0 aliphatic carbocycles. The number of hydrogen-bond donors (Lipinski definition) is 2. The molecule has 0 radical (unpaired) electrons. The highest BCUT2D eigenvalue weighted by Gasteiger charge is 2.09. The molecule has 2 amide bonds. The van der Waals surface area contributed by atoms with Crippen molar-refractivity contribution in [2.75, 3.05) is 24.3 Å². The Morgan fingerprint density at radius 2 is 2.00 bits per heavy atom. The van der Waals surface area contributed by atoms with Gasteiger partial charge in [0.25, 0.3) is 0 Å². The summed E-state index contributed by atoms with van der Waals surface area (Å²) in [4.78, 5) is 22.4. The molecule has 122 valence electrons. The number of nitrogens with zero attached hydrogens (tertiary/aromatic N) is 3. The molecule has 23 heavy (non-hydrogen) atoms. The Morgan fingerprint density at radius 3 is 2.70 bits per heavy atom. The van der Waals surface area contributed by atoms with E-state index in [1.807, 2.05) is 21.0 Å². The average Bonchev–Trinajstić information content (AvgIpc) is 2.49. The highest BCUT2D eigenvalue weighted by atomic mass is 19.1. The van der Waals surface area contributed by atoms with E-state index in [2.05, 4.69) is 20.6 Å². The van der Waals surface area contributed by atoms with Gasteiger partial charge in [-0.05, 0) is 32.0 Å². The zero-order chi connectivity index (χ0) is 17.0. The summed E-state index contributed by atoms with van der Waals surface area (Å²) in [5.41, 5.74) is 2.36. The summed E-state index contributed by atoms with van der Waals surface area (Å²) < 4.78 is 13.5. The molecule has 2 N–H and O–H groups in total. The van der Waals surface area contributed by atoms with Gasteiger partial charge >= 0.3 is 6.03 Å². The van der Waals surface area contributed by atoms with Crippen LogP contribution in [0.5, 0.6) is 0 Å². The molecule has 7 heteroatoms. The fourth-order valence-corrected chi connectivity index (χ4v) is 1.99. The van der Waals surface area contributed by atoms with Gasteiger partial charge in [0, 0.05) is 31.0 Å². The van der Waals surface area contributed by atoms with E-state index in [-0.39, 0.29) is 12.4 Å². The van der Waals surface area contributed by atoms with Crippen LogP contribution in [0, 0.1) is 19.7 Å². The Kier molecular flexibility index (Phi) is 5.10. The molecule has 1 aromatic carbocycles. The van der Waals surface area contributed by atoms with E-state index in [1.54, 1.807) is 30.0 Å². The number of rotatable bonds is 4. The molecule has 0 spiro atoms. The number of nitrogens with one attached hydrogen (secondary N) is 2. The Balaban J connectivity index is 2.01. The summed E-state index contributed by atoms with van der Waals surface area (Å²) >= 11 is 0. The van der Waals surface area contributed by atoms with Gasteiger partial charge in [0.2, 0.25) is 5.95 Å².